The summed E-state index contributed by atoms with van der Waals surface area (Å²) in [5.41, 5.74) is 0.221. The molecule has 1 atom stereocenters. The molecule has 1 aromatic heterocycles. The van der Waals surface area contributed by atoms with Crippen LogP contribution >= 0.6 is 11.3 Å². The highest BCUT2D eigenvalue weighted by atomic mass is 32.1. The van der Waals surface area contributed by atoms with E-state index in [1.807, 2.05) is 6.07 Å². The van der Waals surface area contributed by atoms with Gasteiger partial charge >= 0.3 is 5.00 Å². The molecule has 0 spiro atoms. The fourth-order valence-corrected chi connectivity index (χ4v) is 2.80. The van der Waals surface area contributed by atoms with E-state index in [4.69, 9.17) is 0 Å². The molecular weight excluding hydrogens is 200 g/mol. The summed E-state index contributed by atoms with van der Waals surface area (Å²) in [6.45, 7) is 5.31. The molecule has 1 fully saturated rings. The molecule has 5 heteroatoms. The molecule has 4 nitrogen and oxygen atoms in total. The molecule has 1 aromatic rings. The molecule has 0 aromatic carbocycles. The van der Waals surface area contributed by atoms with Crippen molar-refractivity contribution in [3.8, 4) is 0 Å². The molecule has 1 aliphatic heterocycles. The first kappa shape index (κ1) is 9.61. The quantitative estimate of drug-likeness (QED) is 0.604. The second kappa shape index (κ2) is 3.03. The monoisotopic (exact) mass is 212 g/mol. The van der Waals surface area contributed by atoms with E-state index in [0.717, 1.165) is 11.4 Å². The van der Waals surface area contributed by atoms with Gasteiger partial charge in [-0.05, 0) is 11.5 Å². The number of nitrogens with one attached hydrogen (secondary N) is 1. The lowest BCUT2D eigenvalue weighted by molar-refractivity contribution is -0.380. The minimum Gasteiger partial charge on any atom is -0.308 e. The fourth-order valence-electron chi connectivity index (χ4n) is 1.69. The van der Waals surface area contributed by atoms with Crippen molar-refractivity contribution < 1.29 is 4.92 Å². The lowest BCUT2D eigenvalue weighted by atomic mass is 9.76. The van der Waals surface area contributed by atoms with Crippen molar-refractivity contribution in [3.63, 3.8) is 0 Å². The van der Waals surface area contributed by atoms with Gasteiger partial charge in [0.25, 0.3) is 0 Å². The Labute approximate surface area is 86.1 Å². The average molecular weight is 212 g/mol. The number of nitrogens with zero attached hydrogens (tertiary/aromatic N) is 1. The molecule has 1 aliphatic rings. The molecule has 14 heavy (non-hydrogen) atoms. The van der Waals surface area contributed by atoms with E-state index in [2.05, 4.69) is 19.2 Å². The van der Waals surface area contributed by atoms with Crippen LogP contribution in [0.15, 0.2) is 12.1 Å². The summed E-state index contributed by atoms with van der Waals surface area (Å²) in [6, 6.07) is 3.71. The smallest absolute Gasteiger partial charge is 0.308 e. The third-order valence-corrected chi connectivity index (χ3v) is 3.72. The van der Waals surface area contributed by atoms with Gasteiger partial charge in [0.05, 0.1) is 4.92 Å². The van der Waals surface area contributed by atoms with Gasteiger partial charge in [-0.15, -0.1) is 0 Å². The maximum atomic E-state index is 10.5. The minimum atomic E-state index is -0.333. The Morgan fingerprint density at radius 1 is 1.64 bits per heavy atom. The normalized spacial score (nSPS) is 24.3. The molecule has 0 saturated carbocycles. The first-order valence-corrected chi connectivity index (χ1v) is 5.30. The molecule has 0 aliphatic carbocycles. The van der Waals surface area contributed by atoms with Crippen LogP contribution in [0, 0.1) is 15.5 Å². The molecule has 0 amide bonds. The first-order valence-electron chi connectivity index (χ1n) is 4.48. The van der Waals surface area contributed by atoms with Crippen LogP contribution < -0.4 is 5.32 Å². The van der Waals surface area contributed by atoms with Gasteiger partial charge in [-0.2, -0.15) is 0 Å². The van der Waals surface area contributed by atoms with Gasteiger partial charge in [0.1, 0.15) is 0 Å². The van der Waals surface area contributed by atoms with Crippen LogP contribution in [0.25, 0.3) is 0 Å². The molecule has 2 rings (SSSR count). The minimum absolute atomic E-state index is 0.221. The maximum absolute atomic E-state index is 10.5. The molecule has 76 valence electrons. The Kier molecular flexibility index (Phi) is 2.08. The summed E-state index contributed by atoms with van der Waals surface area (Å²) in [5, 5.41) is 14.0. The van der Waals surface area contributed by atoms with Gasteiger partial charge < -0.3 is 5.32 Å². The summed E-state index contributed by atoms with van der Waals surface area (Å²) < 4.78 is 0. The topological polar surface area (TPSA) is 55.2 Å². The van der Waals surface area contributed by atoms with E-state index in [0.29, 0.717) is 0 Å². The second-order valence-corrected chi connectivity index (χ2v) is 5.33. The van der Waals surface area contributed by atoms with Crippen molar-refractivity contribution in [1.29, 1.82) is 0 Å². The van der Waals surface area contributed by atoms with E-state index in [9.17, 15) is 10.1 Å². The lowest BCUT2D eigenvalue weighted by Crippen LogP contribution is -2.52. The van der Waals surface area contributed by atoms with Crippen molar-refractivity contribution in [2.45, 2.75) is 19.9 Å². The molecule has 0 radical (unpaired) electrons. The predicted octanol–water partition coefficient (Wildman–Crippen LogP) is 2.33. The number of thiophene rings is 1. The lowest BCUT2D eigenvalue weighted by Gasteiger charge is -2.45. The van der Waals surface area contributed by atoms with E-state index >= 15 is 0 Å². The zero-order valence-electron chi connectivity index (χ0n) is 8.11. The average Bonchev–Trinajstić information content (AvgIpc) is 2.51. The molecule has 1 N–H and O–H groups in total. The van der Waals surface area contributed by atoms with Crippen LogP contribution in [-0.2, 0) is 0 Å². The molecular formula is C9H12N2O2S. The highest BCUT2D eigenvalue weighted by Crippen LogP contribution is 2.43. The highest BCUT2D eigenvalue weighted by molar-refractivity contribution is 7.15. The third kappa shape index (κ3) is 1.42. The van der Waals surface area contributed by atoms with Crippen molar-refractivity contribution in [3.05, 3.63) is 27.1 Å². The summed E-state index contributed by atoms with van der Waals surface area (Å²) in [7, 11) is 0. The Hall–Kier alpha value is -0.940. The largest absolute Gasteiger partial charge is 0.324 e. The van der Waals surface area contributed by atoms with Crippen LogP contribution in [0.1, 0.15) is 24.8 Å². The van der Waals surface area contributed by atoms with Crippen LogP contribution in [0.2, 0.25) is 0 Å². The molecule has 0 bridgehead atoms. The second-order valence-electron chi connectivity index (χ2n) is 4.24. The summed E-state index contributed by atoms with van der Waals surface area (Å²) in [4.78, 5) is 11.2. The van der Waals surface area contributed by atoms with Crippen LogP contribution in [0.5, 0.6) is 0 Å². The van der Waals surface area contributed by atoms with Gasteiger partial charge in [-0.3, -0.25) is 10.1 Å². The Bertz CT molecular complexity index is 373. The zero-order chi connectivity index (χ0) is 10.3. The van der Waals surface area contributed by atoms with E-state index < -0.39 is 0 Å². The van der Waals surface area contributed by atoms with Crippen LogP contribution in [-0.4, -0.2) is 11.5 Å². The highest BCUT2D eigenvalue weighted by Gasteiger charge is 2.40. The van der Waals surface area contributed by atoms with Gasteiger partial charge in [-0.1, -0.05) is 25.2 Å². The van der Waals surface area contributed by atoms with Gasteiger partial charge in [0.15, 0.2) is 0 Å². The zero-order valence-corrected chi connectivity index (χ0v) is 8.93. The van der Waals surface area contributed by atoms with Crippen LogP contribution in [0.3, 0.4) is 0 Å². The van der Waals surface area contributed by atoms with E-state index in [1.165, 1.54) is 11.3 Å². The van der Waals surface area contributed by atoms with Crippen molar-refractivity contribution in [2.24, 2.45) is 5.41 Å². The van der Waals surface area contributed by atoms with Crippen LogP contribution in [0.4, 0.5) is 5.00 Å². The molecule has 1 saturated heterocycles. The Balaban J connectivity index is 2.22. The number of hydrogen-bond donors (Lipinski definition) is 1. The van der Waals surface area contributed by atoms with Crippen molar-refractivity contribution in [2.75, 3.05) is 6.54 Å². The van der Waals surface area contributed by atoms with Gasteiger partial charge in [0.2, 0.25) is 0 Å². The summed E-state index contributed by atoms with van der Waals surface area (Å²) in [6.07, 6.45) is 0. The number of rotatable bonds is 2. The molecule has 1 unspecified atom stereocenters. The Morgan fingerprint density at radius 3 is 2.71 bits per heavy atom. The Morgan fingerprint density at radius 2 is 2.36 bits per heavy atom. The number of nitro groups is 1. The fraction of sp³-hybridized carbons (Fsp3) is 0.556. The summed E-state index contributed by atoms with van der Waals surface area (Å²) in [5.74, 6) is 0. The van der Waals surface area contributed by atoms with Gasteiger partial charge in [-0.25, -0.2) is 0 Å². The molecule has 2 heterocycles. The maximum Gasteiger partial charge on any atom is 0.324 e. The van der Waals surface area contributed by atoms with E-state index in [1.54, 1.807) is 6.07 Å². The van der Waals surface area contributed by atoms with E-state index in [-0.39, 0.29) is 21.4 Å². The number of hydrogen-bond acceptors (Lipinski definition) is 4. The summed E-state index contributed by atoms with van der Waals surface area (Å²) >= 11 is 1.27. The van der Waals surface area contributed by atoms with Crippen molar-refractivity contribution >= 4 is 16.3 Å². The SMILES string of the molecule is CC1(C)CNC1c1ccc([N+](=O)[O-])s1. The predicted molar refractivity (Wildman–Crippen MR) is 55.5 cm³/mol. The van der Waals surface area contributed by atoms with Gasteiger partial charge in [0, 0.05) is 23.5 Å². The third-order valence-electron chi connectivity index (χ3n) is 2.62. The standard InChI is InChI=1S/C9H12N2O2S/c1-9(2)5-10-8(9)6-3-4-7(14-6)11(12)13/h3-4,8,10H,5H2,1-2H3. The first-order chi connectivity index (χ1) is 6.50. The van der Waals surface area contributed by atoms with Crippen molar-refractivity contribution in [1.82, 2.24) is 5.32 Å².